The molecule has 0 aliphatic rings. The second-order valence-electron chi connectivity index (χ2n) is 7.43. The third kappa shape index (κ3) is 4.05. The molecule has 5 heteroatoms. The summed E-state index contributed by atoms with van der Waals surface area (Å²) in [4.78, 5) is 17.0. The number of anilines is 1. The molecule has 4 aromatic rings. The highest BCUT2D eigenvalue weighted by molar-refractivity contribution is 6.12. The summed E-state index contributed by atoms with van der Waals surface area (Å²) in [5.41, 5.74) is 5.11. The van der Waals surface area contributed by atoms with Crippen molar-refractivity contribution in [3.63, 3.8) is 0 Å². The Morgan fingerprint density at radius 3 is 2.58 bits per heavy atom. The molecule has 1 unspecified atom stereocenters. The summed E-state index contributed by atoms with van der Waals surface area (Å²) in [6.07, 6.45) is 2.69. The lowest BCUT2D eigenvalue weighted by Crippen LogP contribution is -2.21. The number of methoxy groups -OCH3 is 1. The van der Waals surface area contributed by atoms with E-state index in [1.54, 1.807) is 19.4 Å². The Morgan fingerprint density at radius 2 is 1.87 bits per heavy atom. The first kappa shape index (κ1) is 20.7. The summed E-state index contributed by atoms with van der Waals surface area (Å²) >= 11 is 0. The highest BCUT2D eigenvalue weighted by atomic mass is 16.5. The number of para-hydroxylation sites is 1. The number of aromatic nitrogens is 1. The zero-order valence-electron chi connectivity index (χ0n) is 17.7. The summed E-state index contributed by atoms with van der Waals surface area (Å²) in [5.74, 6) is 0.589. The van der Waals surface area contributed by atoms with Gasteiger partial charge < -0.3 is 20.1 Å². The molecule has 1 aromatic heterocycles. The average molecular weight is 415 g/mol. The SMILES string of the molecule is CCc1cccc2c(C(=O)C(Nc3ccc(OC)c(CO)c3)c3ccccc3)c[nH]c12. The summed E-state index contributed by atoms with van der Waals surface area (Å²) in [5, 5.41) is 14.0. The maximum atomic E-state index is 13.7. The lowest BCUT2D eigenvalue weighted by Gasteiger charge is -2.20. The van der Waals surface area contributed by atoms with E-state index in [2.05, 4.69) is 23.3 Å². The second-order valence-corrected chi connectivity index (χ2v) is 7.43. The predicted octanol–water partition coefficient (Wildman–Crippen LogP) is 5.27. The highest BCUT2D eigenvalue weighted by Crippen LogP contribution is 2.30. The lowest BCUT2D eigenvalue weighted by atomic mass is 9.96. The third-order valence-corrected chi connectivity index (χ3v) is 5.60. The number of aliphatic hydroxyl groups is 1. The van der Waals surface area contributed by atoms with Gasteiger partial charge in [0.2, 0.25) is 0 Å². The smallest absolute Gasteiger partial charge is 0.191 e. The van der Waals surface area contributed by atoms with Crippen molar-refractivity contribution in [1.82, 2.24) is 4.98 Å². The van der Waals surface area contributed by atoms with Crippen LogP contribution < -0.4 is 10.1 Å². The van der Waals surface area contributed by atoms with E-state index in [-0.39, 0.29) is 12.4 Å². The molecule has 3 N–H and O–H groups in total. The molecule has 0 radical (unpaired) electrons. The molecule has 0 saturated heterocycles. The molecule has 31 heavy (non-hydrogen) atoms. The number of ketones is 1. The Kier molecular flexibility index (Phi) is 6.05. The molecule has 5 nitrogen and oxygen atoms in total. The van der Waals surface area contributed by atoms with Gasteiger partial charge in [-0.2, -0.15) is 0 Å². The number of nitrogens with one attached hydrogen (secondary N) is 2. The second kappa shape index (κ2) is 9.06. The van der Waals surface area contributed by atoms with Gasteiger partial charge >= 0.3 is 0 Å². The van der Waals surface area contributed by atoms with E-state index >= 15 is 0 Å². The number of aryl methyl sites for hydroxylation is 1. The molecule has 0 bridgehead atoms. The van der Waals surface area contributed by atoms with Gasteiger partial charge in [-0.1, -0.05) is 55.5 Å². The first-order valence-electron chi connectivity index (χ1n) is 10.4. The summed E-state index contributed by atoms with van der Waals surface area (Å²) in [7, 11) is 1.57. The maximum absolute atomic E-state index is 13.7. The van der Waals surface area contributed by atoms with Crippen LogP contribution in [-0.4, -0.2) is 23.0 Å². The van der Waals surface area contributed by atoms with Crippen molar-refractivity contribution < 1.29 is 14.6 Å². The van der Waals surface area contributed by atoms with Crippen LogP contribution >= 0.6 is 0 Å². The van der Waals surface area contributed by atoms with Gasteiger partial charge in [-0.25, -0.2) is 0 Å². The largest absolute Gasteiger partial charge is 0.496 e. The minimum atomic E-state index is -0.578. The number of rotatable bonds is 8. The van der Waals surface area contributed by atoms with Crippen molar-refractivity contribution in [3.05, 3.63) is 95.2 Å². The van der Waals surface area contributed by atoms with Gasteiger partial charge in [-0.05, 0) is 35.7 Å². The quantitative estimate of drug-likeness (QED) is 0.344. The molecular formula is C26H26N2O3. The zero-order chi connectivity index (χ0) is 21.8. The van der Waals surface area contributed by atoms with E-state index in [4.69, 9.17) is 4.74 Å². The maximum Gasteiger partial charge on any atom is 0.191 e. The normalized spacial score (nSPS) is 12.0. The molecule has 0 amide bonds. The van der Waals surface area contributed by atoms with Crippen LogP contribution in [0.2, 0.25) is 0 Å². The van der Waals surface area contributed by atoms with Crippen LogP contribution in [0.5, 0.6) is 5.75 Å². The Bertz CT molecular complexity index is 1200. The number of benzene rings is 3. The minimum Gasteiger partial charge on any atom is -0.496 e. The Morgan fingerprint density at radius 1 is 1.06 bits per heavy atom. The molecule has 0 spiro atoms. The van der Waals surface area contributed by atoms with E-state index in [1.165, 1.54) is 5.56 Å². The van der Waals surface area contributed by atoms with E-state index in [1.807, 2.05) is 54.6 Å². The number of hydrogen-bond donors (Lipinski definition) is 3. The number of carbonyl (C=O) groups is 1. The van der Waals surface area contributed by atoms with Crippen LogP contribution in [0.4, 0.5) is 5.69 Å². The van der Waals surface area contributed by atoms with Gasteiger partial charge in [0.05, 0.1) is 13.7 Å². The topological polar surface area (TPSA) is 74.3 Å². The Hall–Kier alpha value is -3.57. The molecule has 3 aromatic carbocycles. The number of carbonyl (C=O) groups excluding carboxylic acids is 1. The average Bonchev–Trinajstić information content (AvgIpc) is 3.27. The highest BCUT2D eigenvalue weighted by Gasteiger charge is 2.25. The van der Waals surface area contributed by atoms with E-state index < -0.39 is 6.04 Å². The van der Waals surface area contributed by atoms with Gasteiger partial charge in [0.15, 0.2) is 5.78 Å². The lowest BCUT2D eigenvalue weighted by molar-refractivity contribution is 0.0971. The fourth-order valence-corrected chi connectivity index (χ4v) is 3.98. The number of aromatic amines is 1. The molecule has 1 heterocycles. The standard InChI is InChI=1S/C26H26N2O3/c1-3-17-10-7-11-21-22(15-27-24(17)21)26(30)25(18-8-5-4-6-9-18)28-20-12-13-23(31-2)19(14-20)16-29/h4-15,25,27-29H,3,16H2,1-2H3. The number of fused-ring (bicyclic) bond motifs is 1. The molecule has 0 fully saturated rings. The van der Waals surface area contributed by atoms with Crippen LogP contribution in [-0.2, 0) is 13.0 Å². The van der Waals surface area contributed by atoms with Crippen molar-refractivity contribution in [2.45, 2.75) is 26.0 Å². The molecule has 0 aliphatic heterocycles. The first-order chi connectivity index (χ1) is 15.2. The van der Waals surface area contributed by atoms with E-state index in [0.717, 1.165) is 28.6 Å². The number of H-pyrrole nitrogens is 1. The van der Waals surface area contributed by atoms with E-state index in [9.17, 15) is 9.90 Å². The van der Waals surface area contributed by atoms with Crippen molar-refractivity contribution in [3.8, 4) is 5.75 Å². The van der Waals surface area contributed by atoms with Crippen molar-refractivity contribution in [2.75, 3.05) is 12.4 Å². The fourth-order valence-electron chi connectivity index (χ4n) is 3.98. The predicted molar refractivity (Wildman–Crippen MR) is 124 cm³/mol. The zero-order valence-corrected chi connectivity index (χ0v) is 17.7. The van der Waals surface area contributed by atoms with Gasteiger partial charge in [-0.3, -0.25) is 4.79 Å². The Balaban J connectivity index is 1.75. The summed E-state index contributed by atoms with van der Waals surface area (Å²) < 4.78 is 5.30. The molecule has 158 valence electrons. The van der Waals surface area contributed by atoms with Crippen LogP contribution in [0, 0.1) is 0 Å². The molecular weight excluding hydrogens is 388 g/mol. The molecule has 0 aliphatic carbocycles. The monoisotopic (exact) mass is 414 g/mol. The van der Waals surface area contributed by atoms with Crippen molar-refractivity contribution in [1.29, 1.82) is 0 Å². The fraction of sp³-hybridized carbons (Fsp3) is 0.192. The van der Waals surface area contributed by atoms with Crippen molar-refractivity contribution >= 4 is 22.4 Å². The van der Waals surface area contributed by atoms with Crippen molar-refractivity contribution in [2.24, 2.45) is 0 Å². The summed E-state index contributed by atoms with van der Waals surface area (Å²) in [6, 6.07) is 20.6. The first-order valence-corrected chi connectivity index (χ1v) is 10.4. The summed E-state index contributed by atoms with van der Waals surface area (Å²) in [6.45, 7) is 1.96. The minimum absolute atomic E-state index is 0.0212. The van der Waals surface area contributed by atoms with Crippen LogP contribution in [0.3, 0.4) is 0 Å². The molecule has 1 atom stereocenters. The number of Topliss-reactive ketones (excluding diaryl/α,β-unsaturated/α-hetero) is 1. The third-order valence-electron chi connectivity index (χ3n) is 5.60. The number of hydrogen-bond acceptors (Lipinski definition) is 4. The van der Waals surface area contributed by atoms with Crippen LogP contribution in [0.25, 0.3) is 10.9 Å². The van der Waals surface area contributed by atoms with Gasteiger partial charge in [0.1, 0.15) is 11.8 Å². The number of ether oxygens (including phenoxy) is 1. The van der Waals surface area contributed by atoms with Gasteiger partial charge in [0.25, 0.3) is 0 Å². The van der Waals surface area contributed by atoms with Crippen LogP contribution in [0.1, 0.15) is 40.0 Å². The molecule has 0 saturated carbocycles. The Labute approximate surface area is 181 Å². The van der Waals surface area contributed by atoms with Gasteiger partial charge in [-0.15, -0.1) is 0 Å². The van der Waals surface area contributed by atoms with Gasteiger partial charge in [0, 0.05) is 33.9 Å². The van der Waals surface area contributed by atoms with E-state index in [0.29, 0.717) is 16.9 Å². The number of aliphatic hydroxyl groups excluding tert-OH is 1. The molecule has 4 rings (SSSR count). The van der Waals surface area contributed by atoms with Crippen LogP contribution in [0.15, 0.2) is 72.9 Å².